The predicted octanol–water partition coefficient (Wildman–Crippen LogP) is 3.74. The van der Waals surface area contributed by atoms with Gasteiger partial charge >= 0.3 is 0 Å². The van der Waals surface area contributed by atoms with Crippen LogP contribution in [0.5, 0.6) is 0 Å². The van der Waals surface area contributed by atoms with Gasteiger partial charge in [0, 0.05) is 16.3 Å². The van der Waals surface area contributed by atoms with Gasteiger partial charge < -0.3 is 5.32 Å². The third-order valence-electron chi connectivity index (χ3n) is 2.54. The highest BCUT2D eigenvalue weighted by Gasteiger charge is 2.17. The Morgan fingerprint density at radius 1 is 1.31 bits per heavy atom. The predicted molar refractivity (Wildman–Crippen MR) is 70.3 cm³/mol. The average molecular weight is 249 g/mol. The van der Waals surface area contributed by atoms with E-state index < -0.39 is 0 Å². The van der Waals surface area contributed by atoms with Gasteiger partial charge in [-0.15, -0.1) is 11.3 Å². The van der Waals surface area contributed by atoms with Gasteiger partial charge in [-0.1, -0.05) is 29.8 Å². The SMILES string of the molecule is Clc1c(C2C=CN=CN2)sc2ccccc12. The van der Waals surface area contributed by atoms with Gasteiger partial charge in [0.1, 0.15) is 0 Å². The van der Waals surface area contributed by atoms with Gasteiger partial charge in [-0.3, -0.25) is 0 Å². The third-order valence-corrected chi connectivity index (χ3v) is 4.31. The van der Waals surface area contributed by atoms with Crippen molar-refractivity contribution in [2.24, 2.45) is 4.99 Å². The van der Waals surface area contributed by atoms with Gasteiger partial charge in [0.25, 0.3) is 0 Å². The normalized spacial score (nSPS) is 18.9. The van der Waals surface area contributed by atoms with E-state index in [-0.39, 0.29) is 6.04 Å². The van der Waals surface area contributed by atoms with Crippen LogP contribution in [0.15, 0.2) is 41.5 Å². The first-order valence-electron chi connectivity index (χ1n) is 4.97. The molecule has 3 rings (SSSR count). The minimum Gasteiger partial charge on any atom is -0.365 e. The smallest absolute Gasteiger partial charge is 0.0886 e. The highest BCUT2D eigenvalue weighted by Crippen LogP contribution is 2.39. The molecule has 1 aromatic heterocycles. The van der Waals surface area contributed by atoms with Crippen molar-refractivity contribution in [3.05, 3.63) is 46.4 Å². The first-order chi connectivity index (χ1) is 7.86. The molecule has 0 spiro atoms. The summed E-state index contributed by atoms with van der Waals surface area (Å²) < 4.78 is 1.22. The number of halogens is 1. The zero-order chi connectivity index (χ0) is 11.0. The molecular weight excluding hydrogens is 240 g/mol. The van der Waals surface area contributed by atoms with Crippen molar-refractivity contribution in [3.8, 4) is 0 Å². The summed E-state index contributed by atoms with van der Waals surface area (Å²) in [5, 5.41) is 5.16. The average Bonchev–Trinajstić information content (AvgIpc) is 2.69. The van der Waals surface area contributed by atoms with E-state index in [0.717, 1.165) is 15.3 Å². The molecule has 1 aromatic carbocycles. The summed E-state index contributed by atoms with van der Waals surface area (Å²) in [5.41, 5.74) is 0. The van der Waals surface area contributed by atoms with Crippen LogP contribution in [-0.2, 0) is 0 Å². The van der Waals surface area contributed by atoms with E-state index in [9.17, 15) is 0 Å². The monoisotopic (exact) mass is 248 g/mol. The first kappa shape index (κ1) is 9.87. The summed E-state index contributed by atoms with van der Waals surface area (Å²) in [7, 11) is 0. The molecule has 4 heteroatoms. The number of fused-ring (bicyclic) bond motifs is 1. The Morgan fingerprint density at radius 2 is 2.19 bits per heavy atom. The van der Waals surface area contributed by atoms with Crippen LogP contribution in [0.1, 0.15) is 10.9 Å². The maximum absolute atomic E-state index is 6.38. The van der Waals surface area contributed by atoms with Crippen LogP contribution in [0.25, 0.3) is 10.1 Å². The first-order valence-corrected chi connectivity index (χ1v) is 6.17. The Bertz CT molecular complexity index is 586. The zero-order valence-corrected chi connectivity index (χ0v) is 9.92. The van der Waals surface area contributed by atoms with E-state index in [1.165, 1.54) is 4.70 Å². The number of hydrogen-bond acceptors (Lipinski definition) is 3. The topological polar surface area (TPSA) is 24.4 Å². The molecule has 0 aliphatic carbocycles. The number of benzene rings is 1. The highest BCUT2D eigenvalue weighted by molar-refractivity contribution is 7.19. The molecule has 0 fully saturated rings. The molecule has 0 saturated heterocycles. The van der Waals surface area contributed by atoms with E-state index in [1.807, 2.05) is 18.2 Å². The van der Waals surface area contributed by atoms with Crippen LogP contribution in [0.3, 0.4) is 0 Å². The van der Waals surface area contributed by atoms with Gasteiger partial charge in [0.15, 0.2) is 0 Å². The van der Waals surface area contributed by atoms with Crippen LogP contribution in [0, 0.1) is 0 Å². The second-order valence-electron chi connectivity index (χ2n) is 3.54. The quantitative estimate of drug-likeness (QED) is 0.817. The number of aliphatic imine (C=N–C) groups is 1. The number of thiophene rings is 1. The molecule has 1 N–H and O–H groups in total. The van der Waals surface area contributed by atoms with Crippen molar-refractivity contribution in [3.63, 3.8) is 0 Å². The molecule has 0 bridgehead atoms. The van der Waals surface area contributed by atoms with E-state index in [4.69, 9.17) is 11.6 Å². The van der Waals surface area contributed by atoms with Crippen molar-refractivity contribution >= 4 is 39.4 Å². The van der Waals surface area contributed by atoms with Crippen LogP contribution in [-0.4, -0.2) is 6.34 Å². The Morgan fingerprint density at radius 3 is 2.94 bits per heavy atom. The minimum atomic E-state index is 0.141. The van der Waals surface area contributed by atoms with E-state index in [1.54, 1.807) is 23.9 Å². The summed E-state index contributed by atoms with van der Waals surface area (Å²) in [6.07, 6.45) is 5.50. The fourth-order valence-corrected chi connectivity index (χ4v) is 3.34. The Hall–Kier alpha value is -1.32. The molecule has 2 nitrogen and oxygen atoms in total. The van der Waals surface area contributed by atoms with Gasteiger partial charge in [-0.25, -0.2) is 4.99 Å². The van der Waals surface area contributed by atoms with Crippen molar-refractivity contribution in [2.45, 2.75) is 6.04 Å². The molecular formula is C12H9ClN2S. The number of rotatable bonds is 1. The maximum atomic E-state index is 6.38. The van der Waals surface area contributed by atoms with Crippen LogP contribution in [0.4, 0.5) is 0 Å². The van der Waals surface area contributed by atoms with Gasteiger partial charge in [0.05, 0.1) is 22.3 Å². The lowest BCUT2D eigenvalue weighted by molar-refractivity contribution is 0.807. The maximum Gasteiger partial charge on any atom is 0.0886 e. The molecule has 2 aromatic rings. The summed E-state index contributed by atoms with van der Waals surface area (Å²) in [5.74, 6) is 0. The second-order valence-corrected chi connectivity index (χ2v) is 5.00. The molecule has 0 radical (unpaired) electrons. The lowest BCUT2D eigenvalue weighted by Gasteiger charge is -2.13. The number of nitrogens with zero attached hydrogens (tertiary/aromatic N) is 1. The highest BCUT2D eigenvalue weighted by atomic mass is 35.5. The van der Waals surface area contributed by atoms with Crippen molar-refractivity contribution in [1.29, 1.82) is 0 Å². The minimum absolute atomic E-state index is 0.141. The Kier molecular flexibility index (Phi) is 2.42. The molecule has 1 aliphatic rings. The van der Waals surface area contributed by atoms with Crippen molar-refractivity contribution < 1.29 is 0 Å². The van der Waals surface area contributed by atoms with Gasteiger partial charge in [0.2, 0.25) is 0 Å². The third kappa shape index (κ3) is 1.52. The van der Waals surface area contributed by atoms with E-state index in [2.05, 4.69) is 22.4 Å². The summed E-state index contributed by atoms with van der Waals surface area (Å²) >= 11 is 8.11. The zero-order valence-electron chi connectivity index (χ0n) is 8.35. The molecule has 0 amide bonds. The Labute approximate surface area is 102 Å². The molecule has 2 heterocycles. The summed E-state index contributed by atoms with van der Waals surface area (Å²) in [6, 6.07) is 8.33. The van der Waals surface area contributed by atoms with E-state index in [0.29, 0.717) is 0 Å². The molecule has 1 atom stereocenters. The standard InChI is InChI=1S/C12H9ClN2S/c13-11-8-3-1-2-4-10(8)16-12(11)9-5-6-14-7-15-9/h1-7,9H,(H,14,15). The number of nitrogens with one attached hydrogen (secondary N) is 1. The molecule has 16 heavy (non-hydrogen) atoms. The fourth-order valence-electron chi connectivity index (χ4n) is 1.75. The van der Waals surface area contributed by atoms with Gasteiger partial charge in [-0.05, 0) is 12.1 Å². The van der Waals surface area contributed by atoms with E-state index >= 15 is 0 Å². The second kappa shape index (κ2) is 3.92. The largest absolute Gasteiger partial charge is 0.365 e. The Balaban J connectivity index is 2.13. The van der Waals surface area contributed by atoms with Crippen LogP contribution < -0.4 is 5.32 Å². The summed E-state index contributed by atoms with van der Waals surface area (Å²) in [4.78, 5) is 5.13. The number of hydrogen-bond donors (Lipinski definition) is 1. The molecule has 1 unspecified atom stereocenters. The summed E-state index contributed by atoms with van der Waals surface area (Å²) in [6.45, 7) is 0. The lowest BCUT2D eigenvalue weighted by Crippen LogP contribution is -2.18. The van der Waals surface area contributed by atoms with Crippen LogP contribution >= 0.6 is 22.9 Å². The molecule has 0 saturated carbocycles. The van der Waals surface area contributed by atoms with Gasteiger partial charge in [-0.2, -0.15) is 0 Å². The van der Waals surface area contributed by atoms with Crippen molar-refractivity contribution in [2.75, 3.05) is 0 Å². The lowest BCUT2D eigenvalue weighted by atomic mass is 10.2. The fraction of sp³-hybridized carbons (Fsp3) is 0.0833. The molecule has 80 valence electrons. The molecule has 1 aliphatic heterocycles. The van der Waals surface area contributed by atoms with Crippen molar-refractivity contribution in [1.82, 2.24) is 5.32 Å². The van der Waals surface area contributed by atoms with Crippen LogP contribution in [0.2, 0.25) is 5.02 Å².